The number of carbonyl (C=O) groups is 1. The molecule has 0 heterocycles. The lowest BCUT2D eigenvalue weighted by molar-refractivity contribution is -0.123. The molecular weight excluding hydrogens is 220 g/mol. The molecule has 0 bridgehead atoms. The first-order valence-corrected chi connectivity index (χ1v) is 7.43. The summed E-state index contributed by atoms with van der Waals surface area (Å²) in [5.41, 5.74) is 1.29. The molecule has 1 nitrogen and oxygen atoms in total. The Kier molecular flexibility index (Phi) is 5.44. The van der Waals surface area contributed by atoms with Crippen molar-refractivity contribution < 1.29 is 4.79 Å². The van der Waals surface area contributed by atoms with Crippen molar-refractivity contribution in [1.82, 2.24) is 0 Å². The van der Waals surface area contributed by atoms with Crippen LogP contribution in [0.25, 0.3) is 0 Å². The number of ketones is 1. The van der Waals surface area contributed by atoms with Gasteiger partial charge in [0, 0.05) is 12.3 Å². The lowest BCUT2D eigenvalue weighted by Crippen LogP contribution is -2.16. The molecule has 0 aromatic heterocycles. The fourth-order valence-electron chi connectivity index (χ4n) is 2.89. The predicted molar refractivity (Wildman–Crippen MR) is 75.6 cm³/mol. The van der Waals surface area contributed by atoms with Crippen molar-refractivity contribution in [2.45, 2.75) is 57.8 Å². The molecule has 98 valence electrons. The van der Waals surface area contributed by atoms with Crippen LogP contribution in [0.15, 0.2) is 30.3 Å². The van der Waals surface area contributed by atoms with Crippen LogP contribution in [0.5, 0.6) is 0 Å². The van der Waals surface area contributed by atoms with Gasteiger partial charge in [0.2, 0.25) is 0 Å². The molecule has 1 fully saturated rings. The number of carbonyl (C=O) groups excluding carboxylic acids is 1. The lowest BCUT2D eigenvalue weighted by Gasteiger charge is -2.18. The number of hydrogen-bond donors (Lipinski definition) is 0. The highest BCUT2D eigenvalue weighted by molar-refractivity contribution is 5.81. The van der Waals surface area contributed by atoms with Crippen LogP contribution in [0, 0.1) is 5.92 Å². The highest BCUT2D eigenvalue weighted by Crippen LogP contribution is 2.24. The van der Waals surface area contributed by atoms with Crippen LogP contribution < -0.4 is 0 Å². The van der Waals surface area contributed by atoms with Gasteiger partial charge in [-0.1, -0.05) is 62.4 Å². The Morgan fingerprint density at radius 1 is 0.944 bits per heavy atom. The number of Topliss-reactive ketones (excluding diaryl/α,β-unsaturated/α-hetero) is 1. The molecule has 0 unspecified atom stereocenters. The van der Waals surface area contributed by atoms with Gasteiger partial charge >= 0.3 is 0 Å². The minimum absolute atomic E-state index is 0.356. The van der Waals surface area contributed by atoms with E-state index in [-0.39, 0.29) is 0 Å². The summed E-state index contributed by atoms with van der Waals surface area (Å²) in [6.07, 6.45) is 10.4. The summed E-state index contributed by atoms with van der Waals surface area (Å²) in [7, 11) is 0. The Hall–Kier alpha value is -1.11. The molecule has 0 atom stereocenters. The average molecular weight is 244 g/mol. The maximum absolute atomic E-state index is 12.2. The van der Waals surface area contributed by atoms with Crippen LogP contribution in [0.3, 0.4) is 0 Å². The molecule has 1 heteroatoms. The second kappa shape index (κ2) is 7.35. The lowest BCUT2D eigenvalue weighted by atomic mass is 9.86. The first kappa shape index (κ1) is 13.3. The zero-order valence-corrected chi connectivity index (χ0v) is 11.2. The smallest absolute Gasteiger partial charge is 0.136 e. The standard InChI is InChI=1S/C17H24O/c18-17(14-13-15-9-5-4-6-10-15)16-11-7-2-1-3-8-12-16/h4-6,9-10,16H,1-3,7-8,11-14H2. The SMILES string of the molecule is O=C(CCc1ccccc1)C1CCCCCCC1. The Bertz CT molecular complexity index is 347. The molecule has 0 saturated heterocycles. The summed E-state index contributed by atoms with van der Waals surface area (Å²) in [5, 5.41) is 0. The molecule has 0 radical (unpaired) electrons. The van der Waals surface area contributed by atoms with Gasteiger partial charge in [-0.15, -0.1) is 0 Å². The highest BCUT2D eigenvalue weighted by atomic mass is 16.1. The van der Waals surface area contributed by atoms with Gasteiger partial charge in [0.15, 0.2) is 0 Å². The van der Waals surface area contributed by atoms with Crippen molar-refractivity contribution in [2.75, 3.05) is 0 Å². The van der Waals surface area contributed by atoms with E-state index in [0.717, 1.165) is 25.7 Å². The van der Waals surface area contributed by atoms with Crippen LogP contribution in [-0.4, -0.2) is 5.78 Å². The summed E-state index contributed by atoms with van der Waals surface area (Å²) >= 11 is 0. The van der Waals surface area contributed by atoms with Gasteiger partial charge in [-0.2, -0.15) is 0 Å². The quantitative estimate of drug-likeness (QED) is 0.759. The van der Waals surface area contributed by atoms with E-state index in [1.165, 1.54) is 37.7 Å². The van der Waals surface area contributed by atoms with E-state index < -0.39 is 0 Å². The fraction of sp³-hybridized carbons (Fsp3) is 0.588. The van der Waals surface area contributed by atoms with E-state index in [4.69, 9.17) is 0 Å². The van der Waals surface area contributed by atoms with Crippen molar-refractivity contribution in [3.8, 4) is 0 Å². The maximum Gasteiger partial charge on any atom is 0.136 e. The first-order valence-electron chi connectivity index (χ1n) is 7.43. The van der Waals surface area contributed by atoms with Gasteiger partial charge in [0.25, 0.3) is 0 Å². The van der Waals surface area contributed by atoms with Crippen molar-refractivity contribution >= 4 is 5.78 Å². The number of rotatable bonds is 4. The van der Waals surface area contributed by atoms with Crippen molar-refractivity contribution in [3.63, 3.8) is 0 Å². The van der Waals surface area contributed by atoms with Crippen LogP contribution in [-0.2, 0) is 11.2 Å². The molecule has 0 spiro atoms. The minimum Gasteiger partial charge on any atom is -0.299 e. The summed E-state index contributed by atoms with van der Waals surface area (Å²) < 4.78 is 0. The number of hydrogen-bond acceptors (Lipinski definition) is 1. The van der Waals surface area contributed by atoms with Gasteiger partial charge in [-0.3, -0.25) is 4.79 Å². The number of benzene rings is 1. The van der Waals surface area contributed by atoms with E-state index in [2.05, 4.69) is 24.3 Å². The topological polar surface area (TPSA) is 17.1 Å². The molecule has 1 saturated carbocycles. The Morgan fingerprint density at radius 2 is 1.56 bits per heavy atom. The fourth-order valence-corrected chi connectivity index (χ4v) is 2.89. The second-order valence-corrected chi connectivity index (χ2v) is 5.49. The minimum atomic E-state index is 0.356. The summed E-state index contributed by atoms with van der Waals surface area (Å²) in [5.74, 6) is 0.856. The van der Waals surface area contributed by atoms with Crippen molar-refractivity contribution in [2.24, 2.45) is 5.92 Å². The van der Waals surface area contributed by atoms with Crippen LogP contribution in [0.4, 0.5) is 0 Å². The molecule has 1 aromatic rings. The molecule has 1 aliphatic carbocycles. The third kappa shape index (κ3) is 4.29. The zero-order chi connectivity index (χ0) is 12.6. The van der Waals surface area contributed by atoms with Crippen LogP contribution >= 0.6 is 0 Å². The Labute approximate surface area is 111 Å². The van der Waals surface area contributed by atoms with E-state index >= 15 is 0 Å². The highest BCUT2D eigenvalue weighted by Gasteiger charge is 2.18. The van der Waals surface area contributed by atoms with Gasteiger partial charge in [0.1, 0.15) is 5.78 Å². The van der Waals surface area contributed by atoms with E-state index in [1.807, 2.05) is 6.07 Å². The second-order valence-electron chi connectivity index (χ2n) is 5.49. The van der Waals surface area contributed by atoms with Gasteiger partial charge in [0.05, 0.1) is 0 Å². The van der Waals surface area contributed by atoms with E-state index in [1.54, 1.807) is 0 Å². The average Bonchev–Trinajstić information content (AvgIpc) is 2.37. The predicted octanol–water partition coefficient (Wildman–Crippen LogP) is 4.55. The van der Waals surface area contributed by atoms with Gasteiger partial charge in [-0.05, 0) is 24.8 Å². The Balaban J connectivity index is 1.79. The maximum atomic E-state index is 12.2. The van der Waals surface area contributed by atoms with E-state index in [9.17, 15) is 4.79 Å². The summed E-state index contributed by atoms with van der Waals surface area (Å²) in [6, 6.07) is 10.4. The zero-order valence-electron chi connectivity index (χ0n) is 11.2. The molecule has 0 aliphatic heterocycles. The monoisotopic (exact) mass is 244 g/mol. The third-order valence-corrected chi connectivity index (χ3v) is 4.06. The van der Waals surface area contributed by atoms with Crippen LogP contribution in [0.1, 0.15) is 56.9 Å². The normalized spacial score (nSPS) is 18.0. The molecule has 1 aliphatic rings. The van der Waals surface area contributed by atoms with Crippen molar-refractivity contribution in [3.05, 3.63) is 35.9 Å². The summed E-state index contributed by atoms with van der Waals surface area (Å²) in [4.78, 5) is 12.2. The Morgan fingerprint density at radius 3 is 2.22 bits per heavy atom. The van der Waals surface area contributed by atoms with Gasteiger partial charge in [-0.25, -0.2) is 0 Å². The first-order chi connectivity index (χ1) is 8.86. The molecule has 1 aromatic carbocycles. The number of aryl methyl sites for hydroxylation is 1. The third-order valence-electron chi connectivity index (χ3n) is 4.06. The van der Waals surface area contributed by atoms with Crippen LogP contribution in [0.2, 0.25) is 0 Å². The molecular formula is C17H24O. The summed E-state index contributed by atoms with van der Waals surface area (Å²) in [6.45, 7) is 0. The van der Waals surface area contributed by atoms with Gasteiger partial charge < -0.3 is 0 Å². The van der Waals surface area contributed by atoms with Crippen molar-refractivity contribution in [1.29, 1.82) is 0 Å². The molecule has 0 amide bonds. The molecule has 2 rings (SSSR count). The molecule has 18 heavy (non-hydrogen) atoms. The van der Waals surface area contributed by atoms with E-state index in [0.29, 0.717) is 11.7 Å². The molecule has 0 N–H and O–H groups in total. The largest absolute Gasteiger partial charge is 0.299 e.